The third kappa shape index (κ3) is 4.97. The average Bonchev–Trinajstić information content (AvgIpc) is 3.25. The van der Waals surface area contributed by atoms with Crippen molar-refractivity contribution in [2.75, 3.05) is 13.6 Å². The fourth-order valence-corrected chi connectivity index (χ4v) is 3.65. The van der Waals surface area contributed by atoms with E-state index >= 15 is 0 Å². The molecule has 2 aliphatic rings. The van der Waals surface area contributed by atoms with Crippen molar-refractivity contribution in [3.63, 3.8) is 0 Å². The molecule has 0 unspecified atom stereocenters. The van der Waals surface area contributed by atoms with E-state index in [0.29, 0.717) is 25.7 Å². The Kier molecular flexibility index (Phi) is 7.18. The molecule has 0 amide bonds. The van der Waals surface area contributed by atoms with Gasteiger partial charge in [0.25, 0.3) is 0 Å². The first-order chi connectivity index (χ1) is 12.8. The third-order valence-corrected chi connectivity index (χ3v) is 5.05. The number of fused-ring (bicyclic) bond motifs is 1. The van der Waals surface area contributed by atoms with E-state index in [1.807, 2.05) is 13.8 Å². The van der Waals surface area contributed by atoms with E-state index < -0.39 is 48.9 Å². The normalized spacial score (nSPS) is 28.0. The van der Waals surface area contributed by atoms with Crippen LogP contribution in [0.2, 0.25) is 0 Å². The Balaban J connectivity index is 1.78. The molecular formula is C18H27NO8. The van der Waals surface area contributed by atoms with E-state index in [1.54, 1.807) is 0 Å². The number of carbonyl (C=O) groups excluding carboxylic acids is 4. The van der Waals surface area contributed by atoms with Crippen LogP contribution in [0.1, 0.15) is 52.4 Å². The number of esters is 4. The maximum atomic E-state index is 12.3. The number of hydrogen-bond donors (Lipinski definition) is 1. The van der Waals surface area contributed by atoms with Crippen molar-refractivity contribution < 1.29 is 38.1 Å². The molecule has 4 atom stereocenters. The first-order valence-electron chi connectivity index (χ1n) is 9.29. The van der Waals surface area contributed by atoms with Crippen LogP contribution in [0.15, 0.2) is 0 Å². The molecule has 0 radical (unpaired) electrons. The highest BCUT2D eigenvalue weighted by molar-refractivity contribution is 5.87. The molecule has 2 rings (SSSR count). The molecule has 0 aromatic carbocycles. The fraction of sp³-hybridized carbons (Fsp3) is 0.778. The van der Waals surface area contributed by atoms with Gasteiger partial charge in [-0.3, -0.25) is 14.4 Å². The van der Waals surface area contributed by atoms with Gasteiger partial charge in [0.2, 0.25) is 13.6 Å². The Morgan fingerprint density at radius 1 is 0.926 bits per heavy atom. The highest BCUT2D eigenvalue weighted by atomic mass is 16.7. The van der Waals surface area contributed by atoms with Gasteiger partial charge in [0, 0.05) is 18.8 Å². The van der Waals surface area contributed by atoms with Crippen molar-refractivity contribution in [1.29, 1.82) is 0 Å². The minimum absolute atomic E-state index is 0.0518. The van der Waals surface area contributed by atoms with Crippen LogP contribution in [0.25, 0.3) is 0 Å². The monoisotopic (exact) mass is 385 g/mol. The molecule has 152 valence electrons. The zero-order valence-corrected chi connectivity index (χ0v) is 15.7. The lowest BCUT2D eigenvalue weighted by Gasteiger charge is -2.24. The fourth-order valence-electron chi connectivity index (χ4n) is 3.65. The first kappa shape index (κ1) is 21.1. The van der Waals surface area contributed by atoms with Crippen molar-refractivity contribution in [3.8, 4) is 0 Å². The summed E-state index contributed by atoms with van der Waals surface area (Å²) in [6.45, 7) is 2.74. The molecule has 9 nitrogen and oxygen atoms in total. The molecule has 0 bridgehead atoms. The van der Waals surface area contributed by atoms with Gasteiger partial charge < -0.3 is 24.7 Å². The van der Waals surface area contributed by atoms with Crippen LogP contribution >= 0.6 is 0 Å². The Morgan fingerprint density at radius 3 is 2.04 bits per heavy atom. The van der Waals surface area contributed by atoms with Crippen molar-refractivity contribution >= 4 is 23.9 Å². The van der Waals surface area contributed by atoms with Crippen LogP contribution in [-0.4, -0.2) is 43.0 Å². The highest BCUT2D eigenvalue weighted by Crippen LogP contribution is 2.62. The van der Waals surface area contributed by atoms with Gasteiger partial charge in [0.1, 0.15) is 5.54 Å². The SMILES string of the molecule is CCCC(=O)OCOC(=O)[C@H]1[C@@H]2CC[C@@](N)(C(=O)OCOC(=O)CCC)[C@@H]21. The summed E-state index contributed by atoms with van der Waals surface area (Å²) in [6.07, 6.45) is 2.76. The van der Waals surface area contributed by atoms with Crippen molar-refractivity contribution in [1.82, 2.24) is 0 Å². The summed E-state index contributed by atoms with van der Waals surface area (Å²) in [5.41, 5.74) is 4.90. The topological polar surface area (TPSA) is 131 Å². The average molecular weight is 385 g/mol. The van der Waals surface area contributed by atoms with Gasteiger partial charge in [-0.05, 0) is 31.6 Å². The van der Waals surface area contributed by atoms with E-state index in [9.17, 15) is 19.2 Å². The molecule has 0 spiro atoms. The van der Waals surface area contributed by atoms with Crippen LogP contribution in [0.5, 0.6) is 0 Å². The predicted octanol–water partition coefficient (Wildman–Crippen LogP) is 1.03. The molecule has 0 aliphatic heterocycles. The summed E-state index contributed by atoms with van der Waals surface area (Å²) >= 11 is 0. The van der Waals surface area contributed by atoms with Gasteiger partial charge >= 0.3 is 23.9 Å². The minimum atomic E-state index is -1.30. The summed E-state index contributed by atoms with van der Waals surface area (Å²) < 4.78 is 19.5. The molecule has 0 aromatic rings. The zero-order valence-electron chi connectivity index (χ0n) is 15.7. The van der Waals surface area contributed by atoms with Crippen LogP contribution < -0.4 is 5.73 Å². The molecule has 2 saturated carbocycles. The van der Waals surface area contributed by atoms with Gasteiger partial charge in [-0.1, -0.05) is 13.8 Å². The lowest BCUT2D eigenvalue weighted by Crippen LogP contribution is -2.51. The molecular weight excluding hydrogens is 358 g/mol. The van der Waals surface area contributed by atoms with Crippen LogP contribution in [0, 0.1) is 17.8 Å². The highest BCUT2D eigenvalue weighted by Gasteiger charge is 2.70. The Labute approximate surface area is 157 Å². The van der Waals surface area contributed by atoms with Gasteiger partial charge in [-0.2, -0.15) is 0 Å². The maximum Gasteiger partial charge on any atom is 0.329 e. The number of carbonyl (C=O) groups is 4. The second-order valence-electron chi connectivity index (χ2n) is 6.96. The van der Waals surface area contributed by atoms with E-state index in [0.717, 1.165) is 0 Å². The second-order valence-corrected chi connectivity index (χ2v) is 6.96. The summed E-state index contributed by atoms with van der Waals surface area (Å²) in [5.74, 6) is -3.06. The Bertz CT molecular complexity index is 592. The van der Waals surface area contributed by atoms with E-state index in [1.165, 1.54) is 0 Å². The Morgan fingerprint density at radius 2 is 1.48 bits per heavy atom. The van der Waals surface area contributed by atoms with Crippen molar-refractivity contribution in [3.05, 3.63) is 0 Å². The molecule has 0 heterocycles. The van der Waals surface area contributed by atoms with E-state index in [4.69, 9.17) is 24.7 Å². The van der Waals surface area contributed by atoms with Crippen LogP contribution in [0.3, 0.4) is 0 Å². The lowest BCUT2D eigenvalue weighted by atomic mass is 9.91. The molecule has 2 aliphatic carbocycles. The zero-order chi connectivity index (χ0) is 20.0. The molecule has 2 fully saturated rings. The lowest BCUT2D eigenvalue weighted by molar-refractivity contribution is -0.172. The minimum Gasteiger partial charge on any atom is -0.428 e. The van der Waals surface area contributed by atoms with Crippen LogP contribution in [0.4, 0.5) is 0 Å². The summed E-state index contributed by atoms with van der Waals surface area (Å²) in [5, 5.41) is 0. The Hall–Kier alpha value is -2.16. The molecule has 0 aromatic heterocycles. The summed E-state index contributed by atoms with van der Waals surface area (Å²) in [7, 11) is 0. The standard InChI is InChI=1S/C18H27NO8/c1-3-5-12(20)24-9-26-16(22)14-11-7-8-18(19,15(11)14)17(23)27-10-25-13(21)6-4-2/h11,14-15H,3-10,19H2,1-2H3/t11-,14-,15-,18-/m0/s1. The number of hydrogen-bond acceptors (Lipinski definition) is 9. The summed E-state index contributed by atoms with van der Waals surface area (Å²) in [6, 6.07) is 0. The van der Waals surface area contributed by atoms with Gasteiger partial charge in [0.15, 0.2) is 0 Å². The van der Waals surface area contributed by atoms with Gasteiger partial charge in [0.05, 0.1) is 5.92 Å². The molecule has 9 heteroatoms. The van der Waals surface area contributed by atoms with E-state index in [-0.39, 0.29) is 24.7 Å². The number of rotatable bonds is 10. The van der Waals surface area contributed by atoms with Gasteiger partial charge in [-0.15, -0.1) is 0 Å². The smallest absolute Gasteiger partial charge is 0.329 e. The predicted molar refractivity (Wildman–Crippen MR) is 90.5 cm³/mol. The first-order valence-corrected chi connectivity index (χ1v) is 9.29. The van der Waals surface area contributed by atoms with Crippen LogP contribution in [-0.2, 0) is 38.1 Å². The molecule has 27 heavy (non-hydrogen) atoms. The van der Waals surface area contributed by atoms with Gasteiger partial charge in [-0.25, -0.2) is 4.79 Å². The maximum absolute atomic E-state index is 12.3. The quantitative estimate of drug-likeness (QED) is 0.432. The molecule has 2 N–H and O–H groups in total. The van der Waals surface area contributed by atoms with E-state index in [2.05, 4.69) is 0 Å². The number of ether oxygens (including phenoxy) is 4. The number of nitrogens with two attached hydrogens (primary N) is 1. The third-order valence-electron chi connectivity index (χ3n) is 5.05. The summed E-state index contributed by atoms with van der Waals surface area (Å²) in [4.78, 5) is 47.0. The second kappa shape index (κ2) is 9.16. The molecule has 0 saturated heterocycles. The van der Waals surface area contributed by atoms with Crippen molar-refractivity contribution in [2.24, 2.45) is 23.5 Å². The van der Waals surface area contributed by atoms with Crippen molar-refractivity contribution in [2.45, 2.75) is 57.9 Å². The largest absolute Gasteiger partial charge is 0.428 e.